The van der Waals surface area contributed by atoms with Crippen molar-refractivity contribution in [2.24, 2.45) is 5.92 Å². The molecule has 1 nitrogen and oxygen atoms in total. The van der Waals surface area contributed by atoms with Gasteiger partial charge in [0.05, 0.1) is 6.42 Å². The zero-order valence-corrected chi connectivity index (χ0v) is 8.41. The number of hydrogen-bond acceptors (Lipinski definition) is 1. The molecule has 0 radical (unpaired) electrons. The van der Waals surface area contributed by atoms with E-state index < -0.39 is 18.6 Å². The van der Waals surface area contributed by atoms with Gasteiger partial charge in [-0.05, 0) is 18.9 Å². The molecule has 0 aliphatic rings. The average molecular weight is 197 g/mol. The monoisotopic (exact) mass is 197 g/mol. The predicted molar refractivity (Wildman–Crippen MR) is 47.6 cm³/mol. The minimum atomic E-state index is -4.05. The molecule has 1 atom stereocenters. The molecule has 0 fully saturated rings. The molecule has 0 spiro atoms. The van der Waals surface area contributed by atoms with Crippen molar-refractivity contribution < 1.29 is 13.2 Å². The van der Waals surface area contributed by atoms with Gasteiger partial charge in [0.15, 0.2) is 0 Å². The lowest BCUT2D eigenvalue weighted by atomic mass is 10.0. The molecular formula is C9H18F3N. The lowest BCUT2D eigenvalue weighted by Crippen LogP contribution is -2.34. The van der Waals surface area contributed by atoms with Crippen molar-refractivity contribution in [3.8, 4) is 0 Å². The van der Waals surface area contributed by atoms with E-state index in [1.165, 1.54) is 0 Å². The van der Waals surface area contributed by atoms with Gasteiger partial charge in [0.1, 0.15) is 0 Å². The van der Waals surface area contributed by atoms with Crippen molar-refractivity contribution in [2.75, 3.05) is 6.54 Å². The fourth-order valence-corrected chi connectivity index (χ4v) is 1.38. The fraction of sp³-hybridized carbons (Fsp3) is 1.00. The normalized spacial score (nSPS) is 15.0. The second kappa shape index (κ2) is 5.47. The van der Waals surface area contributed by atoms with Gasteiger partial charge in [-0.15, -0.1) is 0 Å². The highest BCUT2D eigenvalue weighted by atomic mass is 19.4. The Hall–Kier alpha value is -0.250. The second-order valence-corrected chi connectivity index (χ2v) is 3.70. The van der Waals surface area contributed by atoms with Crippen LogP contribution in [-0.2, 0) is 0 Å². The Labute approximate surface area is 77.7 Å². The van der Waals surface area contributed by atoms with Crippen LogP contribution < -0.4 is 5.32 Å². The van der Waals surface area contributed by atoms with Crippen molar-refractivity contribution in [1.82, 2.24) is 5.32 Å². The number of alkyl halides is 3. The molecule has 0 heterocycles. The Morgan fingerprint density at radius 2 is 1.77 bits per heavy atom. The first-order chi connectivity index (χ1) is 5.85. The van der Waals surface area contributed by atoms with Gasteiger partial charge < -0.3 is 5.32 Å². The van der Waals surface area contributed by atoms with Gasteiger partial charge in [0.2, 0.25) is 0 Å². The van der Waals surface area contributed by atoms with E-state index in [-0.39, 0.29) is 0 Å². The molecule has 0 amide bonds. The third-order valence-electron chi connectivity index (χ3n) is 1.73. The summed E-state index contributed by atoms with van der Waals surface area (Å²) in [6.07, 6.45) is -4.20. The summed E-state index contributed by atoms with van der Waals surface area (Å²) in [7, 11) is 0. The van der Waals surface area contributed by atoms with Gasteiger partial charge >= 0.3 is 6.18 Å². The first-order valence-electron chi connectivity index (χ1n) is 4.65. The third-order valence-corrected chi connectivity index (χ3v) is 1.73. The quantitative estimate of drug-likeness (QED) is 0.714. The average Bonchev–Trinajstić information content (AvgIpc) is 1.81. The SMILES string of the molecule is CCNC(CC(C)C)CC(F)(F)F. The van der Waals surface area contributed by atoms with Crippen LogP contribution in [0.25, 0.3) is 0 Å². The van der Waals surface area contributed by atoms with Crippen molar-refractivity contribution in [1.29, 1.82) is 0 Å². The zero-order valence-electron chi connectivity index (χ0n) is 8.41. The Kier molecular flexibility index (Phi) is 5.37. The first kappa shape index (κ1) is 12.8. The van der Waals surface area contributed by atoms with Crippen LogP contribution >= 0.6 is 0 Å². The van der Waals surface area contributed by atoms with Crippen molar-refractivity contribution >= 4 is 0 Å². The summed E-state index contributed by atoms with van der Waals surface area (Å²) in [4.78, 5) is 0. The molecule has 0 saturated carbocycles. The molecule has 0 aromatic carbocycles. The van der Waals surface area contributed by atoms with Crippen LogP contribution in [0.3, 0.4) is 0 Å². The van der Waals surface area contributed by atoms with Crippen LogP contribution in [0, 0.1) is 5.92 Å². The first-order valence-corrected chi connectivity index (χ1v) is 4.65. The van der Waals surface area contributed by atoms with Gasteiger partial charge in [-0.3, -0.25) is 0 Å². The highest BCUT2D eigenvalue weighted by molar-refractivity contribution is 4.71. The maximum Gasteiger partial charge on any atom is 0.390 e. The van der Waals surface area contributed by atoms with Crippen molar-refractivity contribution in [3.63, 3.8) is 0 Å². The Bertz CT molecular complexity index is 131. The topological polar surface area (TPSA) is 12.0 Å². The zero-order chi connectivity index (χ0) is 10.5. The molecule has 0 aromatic heterocycles. The summed E-state index contributed by atoms with van der Waals surface area (Å²) < 4.78 is 36.1. The largest absolute Gasteiger partial charge is 0.390 e. The molecule has 0 aliphatic heterocycles. The molecule has 0 aromatic rings. The van der Waals surface area contributed by atoms with E-state index in [9.17, 15) is 13.2 Å². The highest BCUT2D eigenvalue weighted by Gasteiger charge is 2.31. The minimum Gasteiger partial charge on any atom is -0.314 e. The number of nitrogens with one attached hydrogen (secondary N) is 1. The predicted octanol–water partition coefficient (Wildman–Crippen LogP) is 2.96. The highest BCUT2D eigenvalue weighted by Crippen LogP contribution is 2.24. The van der Waals surface area contributed by atoms with E-state index in [4.69, 9.17) is 0 Å². The minimum absolute atomic E-state index is 0.298. The lowest BCUT2D eigenvalue weighted by Gasteiger charge is -2.21. The summed E-state index contributed by atoms with van der Waals surface area (Å²) >= 11 is 0. The molecule has 1 N–H and O–H groups in total. The molecule has 0 rings (SSSR count). The molecule has 0 saturated heterocycles. The van der Waals surface area contributed by atoms with E-state index in [1.807, 2.05) is 20.8 Å². The van der Waals surface area contributed by atoms with Crippen LogP contribution in [0.5, 0.6) is 0 Å². The molecule has 13 heavy (non-hydrogen) atoms. The van der Waals surface area contributed by atoms with E-state index in [2.05, 4.69) is 5.32 Å². The van der Waals surface area contributed by atoms with E-state index in [0.29, 0.717) is 18.9 Å². The number of rotatable bonds is 5. The maximum atomic E-state index is 12.0. The molecular weight excluding hydrogens is 179 g/mol. The van der Waals surface area contributed by atoms with Crippen LogP contribution in [0.15, 0.2) is 0 Å². The molecule has 80 valence electrons. The van der Waals surface area contributed by atoms with E-state index in [1.54, 1.807) is 0 Å². The number of hydrogen-bond donors (Lipinski definition) is 1. The van der Waals surface area contributed by atoms with Crippen LogP contribution in [-0.4, -0.2) is 18.8 Å². The maximum absolute atomic E-state index is 12.0. The van der Waals surface area contributed by atoms with Gasteiger partial charge in [0, 0.05) is 6.04 Å². The summed E-state index contributed by atoms with van der Waals surface area (Å²) in [5.41, 5.74) is 0. The Morgan fingerprint density at radius 3 is 2.08 bits per heavy atom. The number of halogens is 3. The smallest absolute Gasteiger partial charge is 0.314 e. The third kappa shape index (κ3) is 8.09. The van der Waals surface area contributed by atoms with Crippen molar-refractivity contribution in [3.05, 3.63) is 0 Å². The standard InChI is InChI=1S/C9H18F3N/c1-4-13-8(5-7(2)3)6-9(10,11)12/h7-8,13H,4-6H2,1-3H3. The summed E-state index contributed by atoms with van der Waals surface area (Å²) in [5, 5.41) is 2.85. The van der Waals surface area contributed by atoms with E-state index >= 15 is 0 Å². The van der Waals surface area contributed by atoms with Crippen LogP contribution in [0.1, 0.15) is 33.6 Å². The van der Waals surface area contributed by atoms with Crippen molar-refractivity contribution in [2.45, 2.75) is 45.8 Å². The fourth-order valence-electron chi connectivity index (χ4n) is 1.38. The second-order valence-electron chi connectivity index (χ2n) is 3.70. The molecule has 0 bridgehead atoms. The molecule has 4 heteroatoms. The van der Waals surface area contributed by atoms with Gasteiger partial charge in [-0.2, -0.15) is 13.2 Å². The van der Waals surface area contributed by atoms with Gasteiger partial charge in [0.25, 0.3) is 0 Å². The Morgan fingerprint density at radius 1 is 1.23 bits per heavy atom. The summed E-state index contributed by atoms with van der Waals surface area (Å²) in [5.74, 6) is 0.298. The van der Waals surface area contributed by atoms with Gasteiger partial charge in [-0.25, -0.2) is 0 Å². The summed E-state index contributed by atoms with van der Waals surface area (Å²) in [6.45, 7) is 6.28. The van der Waals surface area contributed by atoms with Crippen LogP contribution in [0.4, 0.5) is 13.2 Å². The van der Waals surface area contributed by atoms with E-state index in [0.717, 1.165) is 0 Å². The van der Waals surface area contributed by atoms with Crippen LogP contribution in [0.2, 0.25) is 0 Å². The van der Waals surface area contributed by atoms with Gasteiger partial charge in [-0.1, -0.05) is 20.8 Å². The molecule has 1 unspecified atom stereocenters. The summed E-state index contributed by atoms with van der Waals surface area (Å²) in [6, 6.07) is -0.426. The Balaban J connectivity index is 3.94. The lowest BCUT2D eigenvalue weighted by molar-refractivity contribution is -0.140. The molecule has 0 aliphatic carbocycles.